The molecule has 0 radical (unpaired) electrons. The summed E-state index contributed by atoms with van der Waals surface area (Å²) in [5.74, 6) is -31.5. The number of aliphatic hydroxyl groups is 4. The summed E-state index contributed by atoms with van der Waals surface area (Å²) in [5.41, 5.74) is 5.08. The summed E-state index contributed by atoms with van der Waals surface area (Å²) >= 11 is 0.759. The number of aliphatic carboxylic acids is 3. The number of imide groups is 1. The van der Waals surface area contributed by atoms with Gasteiger partial charge in [-0.3, -0.25) is 101 Å². The number of phenolic OH excluding ortho intramolecular Hbond substituents is 2. The van der Waals surface area contributed by atoms with E-state index in [0.29, 0.717) is 36.9 Å². The highest BCUT2D eigenvalue weighted by atomic mass is 32.2. The van der Waals surface area contributed by atoms with Gasteiger partial charge in [0, 0.05) is 82.2 Å². The van der Waals surface area contributed by atoms with Crippen molar-refractivity contribution in [3.05, 3.63) is 95.6 Å². The van der Waals surface area contributed by atoms with E-state index in [9.17, 15) is 142 Å². The van der Waals surface area contributed by atoms with Gasteiger partial charge in [-0.2, -0.15) is 0 Å². The Balaban J connectivity index is 1.55. The summed E-state index contributed by atoms with van der Waals surface area (Å²) in [4.78, 5) is 273. The lowest BCUT2D eigenvalue weighted by Gasteiger charge is -2.28. The number of nitrogens with one attached hydrogen (secondary N) is 8. The van der Waals surface area contributed by atoms with Crippen LogP contribution in [0.1, 0.15) is 188 Å². The Hall–Kier alpha value is -11.6. The highest BCUT2D eigenvalue weighted by Gasteiger charge is 2.42. The van der Waals surface area contributed by atoms with Gasteiger partial charge in [0.05, 0.1) is 110 Å². The van der Waals surface area contributed by atoms with Crippen molar-refractivity contribution in [2.24, 2.45) is 59.0 Å². The third-order valence-electron chi connectivity index (χ3n) is 22.7. The molecule has 0 aromatic heterocycles. The van der Waals surface area contributed by atoms with Gasteiger partial charge >= 0.3 is 17.9 Å². The number of rotatable bonds is 64. The second kappa shape index (κ2) is 55.6. The topological polar surface area (TPSA) is 649 Å². The van der Waals surface area contributed by atoms with E-state index in [1.807, 2.05) is 0 Å². The fourth-order valence-electron chi connectivity index (χ4n) is 14.6. The first-order chi connectivity index (χ1) is 61.6. The molecule has 0 bridgehead atoms. The SMILES string of the molecule is CC[C@H](C)[C@H](NC(=O)[C@H](CO)CC(=O)[C@H](Cc1ccc(O)cc1)NC(=O)[C@H](CC(=O)O)CC(=O)[C@H](CO)NC(=O)[C@@H](CC(=O)[C@H](Cc1ccccc1)NC(=O)[C@@H](CC(=O)CNC(=O)[C@H](CCC(=O)O)CC(=O)C(C)(C)NC(=O)CCN1C(=O)CSC1=O)[C@@H](C)O)[C@@H](C)O)C(=O)C[C@@H](Cc1ccc(O)cc1)C(=O)N[C@@H](CC(C)C)C(=O)C[C@@H](CC(=O)O)C(=O)N[C@H](C)CCCCN. The lowest BCUT2D eigenvalue weighted by molar-refractivity contribution is -0.143. The van der Waals surface area contributed by atoms with E-state index in [4.69, 9.17) is 5.73 Å². The Bertz CT molecular complexity index is 4450. The number of Topliss-reactive ketones (excluding diaryl/α,β-unsaturated/α-hetero) is 7. The summed E-state index contributed by atoms with van der Waals surface area (Å²) in [5, 5.41) is 113. The van der Waals surface area contributed by atoms with Gasteiger partial charge in [0.25, 0.3) is 5.24 Å². The van der Waals surface area contributed by atoms with Crippen molar-refractivity contribution in [3.8, 4) is 11.5 Å². The van der Waals surface area contributed by atoms with E-state index >= 15 is 0 Å². The number of carboxylic acids is 3. The molecule has 10 amide bonds. The van der Waals surface area contributed by atoms with Crippen LogP contribution in [0.5, 0.6) is 11.5 Å². The number of thioether (sulfide) groups is 1. The predicted molar refractivity (Wildman–Crippen MR) is 473 cm³/mol. The Morgan fingerprint density at radius 3 is 1.44 bits per heavy atom. The molecule has 4 rings (SSSR count). The maximum Gasteiger partial charge on any atom is 0.304 e. The number of ketones is 7. The molecule has 0 saturated carbocycles. The summed E-state index contributed by atoms with van der Waals surface area (Å²) in [6.07, 6.45) is -11.0. The van der Waals surface area contributed by atoms with E-state index in [1.54, 1.807) is 65.0 Å². The standard InChI is InChI=1S/C91H128N10O29S/c1-10-50(4)82(75(113)38-58(33-55-19-24-62(106)25-20-55)85(125)95-67(32-49(2)3)71(109)36-59(41-80(119)120)84(124)94-51(5)16-14-15-30-92)99-87(127)61(46-102)39-72(110)68(35-56-21-26-63(107)27-22-56)96-86(126)60(42-81(121)122)37-73(111)70(47-103)98-89(129)66(53(7)105)44-74(112)69(34-54-17-12-11-13-18-54)97-88(128)65(52(6)104)43-64(108)45-93-83(123)57(23-28-79(117)118)40-76(114)91(8,9)100-77(115)29-31-101-78(116)48-131-90(101)130/h11-13,17-22,24-27,49-53,57-61,65-70,82,102-107H,10,14-16,23,28-48,92H2,1-9H3,(H,93,123)(H,94,124)(H,95,125)(H,96,126)(H,97,128)(H,98,129)(H,99,127)(H,100,115)(H,117,118)(H,119,120)(H,121,122)/t50-,51+,52+,53+,57+,58+,59-,60-,61-,65-,66-,67-,68-,69-,70-,82-/m0/s1. The first-order valence-electron chi connectivity index (χ1n) is 43.7. The first-order valence-corrected chi connectivity index (χ1v) is 44.7. The van der Waals surface area contributed by atoms with Gasteiger partial charge in [-0.05, 0) is 139 Å². The van der Waals surface area contributed by atoms with Crippen LogP contribution < -0.4 is 48.3 Å². The Morgan fingerprint density at radius 2 is 0.939 bits per heavy atom. The van der Waals surface area contributed by atoms with Gasteiger partial charge < -0.3 is 94.2 Å². The lowest BCUT2D eigenvalue weighted by atomic mass is 9.85. The van der Waals surface area contributed by atoms with Crippen LogP contribution in [-0.4, -0.2) is 260 Å². The third kappa shape index (κ3) is 39.2. The number of carboxylic acid groups (broad SMARTS) is 3. The van der Waals surface area contributed by atoms with Crippen molar-refractivity contribution in [2.45, 2.75) is 245 Å². The largest absolute Gasteiger partial charge is 0.508 e. The molecule has 722 valence electrons. The van der Waals surface area contributed by atoms with Gasteiger partial charge in [-0.1, -0.05) is 107 Å². The molecule has 3 aromatic rings. The van der Waals surface area contributed by atoms with Crippen LogP contribution in [0.2, 0.25) is 0 Å². The molecule has 1 fully saturated rings. The highest BCUT2D eigenvalue weighted by molar-refractivity contribution is 8.14. The number of carbonyl (C=O) groups is 20. The number of aromatic hydroxyl groups is 2. The number of benzene rings is 3. The molecular formula is C91H128N10O29S. The number of nitrogens with zero attached hydrogens (tertiary/aromatic N) is 1. The van der Waals surface area contributed by atoms with Crippen molar-refractivity contribution >= 4 is 129 Å². The van der Waals surface area contributed by atoms with Crippen LogP contribution >= 0.6 is 11.8 Å². The maximum atomic E-state index is 14.8. The Kier molecular flexibility index (Phi) is 47.4. The average Bonchev–Trinajstić information content (AvgIpc) is 1.61. The molecule has 0 aliphatic carbocycles. The molecule has 1 saturated heterocycles. The average molecular weight is 1860 g/mol. The normalized spacial score (nSPS) is 15.8. The second-order valence-electron chi connectivity index (χ2n) is 34.5. The molecule has 16 atom stereocenters. The molecule has 39 nitrogen and oxygen atoms in total. The minimum absolute atomic E-state index is 0.0218. The smallest absolute Gasteiger partial charge is 0.304 e. The van der Waals surface area contributed by atoms with E-state index in [0.717, 1.165) is 30.5 Å². The lowest BCUT2D eigenvalue weighted by Crippen LogP contribution is -2.52. The quantitative estimate of drug-likeness (QED) is 0.0359. The number of carbonyl (C=O) groups excluding carboxylic acids is 17. The molecule has 0 unspecified atom stereocenters. The van der Waals surface area contributed by atoms with Crippen LogP contribution in [0.25, 0.3) is 0 Å². The molecule has 1 aliphatic heterocycles. The zero-order valence-electron chi connectivity index (χ0n) is 75.3. The number of hydrogen-bond donors (Lipinski definition) is 18. The minimum Gasteiger partial charge on any atom is -0.508 e. The summed E-state index contributed by atoms with van der Waals surface area (Å²) < 4.78 is 0. The molecule has 1 aliphatic rings. The van der Waals surface area contributed by atoms with E-state index in [-0.39, 0.29) is 67.4 Å². The monoisotopic (exact) mass is 1860 g/mol. The van der Waals surface area contributed by atoms with Gasteiger partial charge in [-0.15, -0.1) is 0 Å². The number of amides is 10. The molecule has 0 spiro atoms. The van der Waals surface area contributed by atoms with Crippen molar-refractivity contribution in [2.75, 3.05) is 38.6 Å². The fourth-order valence-corrected chi connectivity index (χ4v) is 15.4. The summed E-state index contributed by atoms with van der Waals surface area (Å²) in [6.45, 7) is 10.4. The van der Waals surface area contributed by atoms with Gasteiger partial charge in [0.15, 0.2) is 40.5 Å². The number of hydrogen-bond acceptors (Lipinski definition) is 28. The summed E-state index contributed by atoms with van der Waals surface area (Å²) in [6, 6.07) is 10.3. The zero-order chi connectivity index (χ0) is 98.3. The van der Waals surface area contributed by atoms with Crippen LogP contribution in [0, 0.1) is 53.3 Å². The number of phenols is 2. The predicted octanol–water partition coefficient (Wildman–Crippen LogP) is 1.96. The van der Waals surface area contributed by atoms with Gasteiger partial charge in [0.1, 0.15) is 17.5 Å². The Morgan fingerprint density at radius 1 is 0.473 bits per heavy atom. The number of unbranched alkanes of at least 4 members (excludes halogenated alkanes) is 1. The number of nitrogens with two attached hydrogens (primary N) is 1. The highest BCUT2D eigenvalue weighted by Crippen LogP contribution is 2.28. The van der Waals surface area contributed by atoms with Crippen LogP contribution in [0.4, 0.5) is 4.79 Å². The van der Waals surface area contributed by atoms with E-state index in [1.165, 1.54) is 62.4 Å². The van der Waals surface area contributed by atoms with Crippen LogP contribution in [-0.2, 0) is 110 Å². The van der Waals surface area contributed by atoms with Crippen molar-refractivity contribution < 1.29 is 142 Å². The zero-order valence-corrected chi connectivity index (χ0v) is 76.1. The fraction of sp³-hybridized carbons (Fsp3) is 0.582. The van der Waals surface area contributed by atoms with Crippen LogP contribution in [0.15, 0.2) is 78.9 Å². The third-order valence-corrected chi connectivity index (χ3v) is 23.5. The first kappa shape index (κ1) is 112. The Labute approximate surface area is 763 Å². The van der Waals surface area contributed by atoms with E-state index < -0.39 is 315 Å². The van der Waals surface area contributed by atoms with Gasteiger partial charge in [0.2, 0.25) is 53.2 Å². The summed E-state index contributed by atoms with van der Waals surface area (Å²) in [7, 11) is 0. The van der Waals surface area contributed by atoms with Crippen molar-refractivity contribution in [1.29, 1.82) is 0 Å². The molecule has 19 N–H and O–H groups in total. The number of aliphatic hydroxyl groups excluding tert-OH is 4. The van der Waals surface area contributed by atoms with Crippen LogP contribution in [0.3, 0.4) is 0 Å². The van der Waals surface area contributed by atoms with Crippen molar-refractivity contribution in [1.82, 2.24) is 47.4 Å². The molecule has 131 heavy (non-hydrogen) atoms. The van der Waals surface area contributed by atoms with Gasteiger partial charge in [-0.25, -0.2) is 0 Å². The molecule has 3 aromatic carbocycles. The molecular weight excluding hydrogens is 1730 g/mol. The maximum absolute atomic E-state index is 14.8. The van der Waals surface area contributed by atoms with Crippen molar-refractivity contribution in [3.63, 3.8) is 0 Å². The minimum atomic E-state index is -2.00. The molecule has 1 heterocycles. The molecule has 40 heteroatoms. The van der Waals surface area contributed by atoms with E-state index in [2.05, 4.69) is 42.5 Å². The second-order valence-corrected chi connectivity index (χ2v) is 35.4.